The number of unbranched alkanes of at least 4 members (excludes halogenated alkanes) is 28. The van der Waals surface area contributed by atoms with Crippen LogP contribution < -0.4 is 5.32 Å². The Morgan fingerprint density at radius 2 is 0.833 bits per heavy atom. The van der Waals surface area contributed by atoms with E-state index in [2.05, 4.69) is 74.7 Å². The monoisotopic (exact) mass is 842 g/mol. The predicted octanol–water partition coefficient (Wildman–Crippen LogP) is 15.5. The van der Waals surface area contributed by atoms with E-state index in [-0.39, 0.29) is 24.9 Å². The summed E-state index contributed by atoms with van der Waals surface area (Å²) in [4.78, 5) is 26.1. The van der Waals surface area contributed by atoms with Crippen LogP contribution in [0.25, 0.3) is 0 Å². The Morgan fingerprint density at radius 1 is 0.483 bits per heavy atom. The van der Waals surface area contributed by atoms with Crippen molar-refractivity contribution < 1.29 is 24.5 Å². The van der Waals surface area contributed by atoms with Crippen LogP contribution in [0.2, 0.25) is 0 Å². The lowest BCUT2D eigenvalue weighted by Crippen LogP contribution is -2.46. The molecule has 6 heteroatoms. The molecule has 350 valence electrons. The molecule has 0 saturated heterocycles. The van der Waals surface area contributed by atoms with Gasteiger partial charge in [-0.1, -0.05) is 217 Å². The van der Waals surface area contributed by atoms with Crippen molar-refractivity contribution in [2.45, 2.75) is 277 Å². The summed E-state index contributed by atoms with van der Waals surface area (Å²) in [5.41, 5.74) is 0. The summed E-state index contributed by atoms with van der Waals surface area (Å²) in [6.07, 6.45) is 57.4. The van der Waals surface area contributed by atoms with Gasteiger partial charge < -0.3 is 20.3 Å². The van der Waals surface area contributed by atoms with Crippen LogP contribution in [0.1, 0.15) is 258 Å². The number of allylic oxidation sites excluding steroid dienone is 8. The first-order valence-electron chi connectivity index (χ1n) is 25.9. The van der Waals surface area contributed by atoms with Crippen molar-refractivity contribution >= 4 is 11.9 Å². The smallest absolute Gasteiger partial charge is 0.306 e. The van der Waals surface area contributed by atoms with Gasteiger partial charge in [-0.05, 0) is 77.0 Å². The lowest BCUT2D eigenvalue weighted by atomic mass is 10.0. The molecule has 0 bridgehead atoms. The number of aliphatic hydroxyl groups excluding tert-OH is 2. The van der Waals surface area contributed by atoms with Crippen molar-refractivity contribution in [3.8, 4) is 0 Å². The Hall–Kier alpha value is -2.18. The first-order chi connectivity index (χ1) is 29.5. The van der Waals surface area contributed by atoms with Gasteiger partial charge in [0, 0.05) is 6.42 Å². The van der Waals surface area contributed by atoms with Crippen molar-refractivity contribution in [2.75, 3.05) is 6.61 Å². The molecule has 3 N–H and O–H groups in total. The maximum atomic E-state index is 13.2. The summed E-state index contributed by atoms with van der Waals surface area (Å²) in [5, 5.41) is 23.7. The fourth-order valence-electron chi connectivity index (χ4n) is 7.71. The number of hydrogen-bond acceptors (Lipinski definition) is 5. The minimum Gasteiger partial charge on any atom is -0.462 e. The lowest BCUT2D eigenvalue weighted by Gasteiger charge is -2.24. The largest absolute Gasteiger partial charge is 0.462 e. The Morgan fingerprint density at radius 3 is 1.28 bits per heavy atom. The van der Waals surface area contributed by atoms with Crippen molar-refractivity contribution in [1.29, 1.82) is 0 Å². The number of amides is 1. The molecule has 0 aliphatic heterocycles. The van der Waals surface area contributed by atoms with Crippen LogP contribution >= 0.6 is 0 Å². The molecule has 0 aromatic carbocycles. The quantitative estimate of drug-likeness (QED) is 0.0322. The molecule has 0 heterocycles. The molecular formula is C54H99NO5. The van der Waals surface area contributed by atoms with Gasteiger partial charge in [-0.3, -0.25) is 9.59 Å². The van der Waals surface area contributed by atoms with Crippen molar-refractivity contribution in [3.63, 3.8) is 0 Å². The maximum Gasteiger partial charge on any atom is 0.306 e. The molecule has 3 atom stereocenters. The second-order valence-corrected chi connectivity index (χ2v) is 17.6. The fourth-order valence-corrected chi connectivity index (χ4v) is 7.71. The highest BCUT2D eigenvalue weighted by Gasteiger charge is 2.24. The van der Waals surface area contributed by atoms with E-state index >= 15 is 0 Å². The molecule has 6 nitrogen and oxygen atoms in total. The van der Waals surface area contributed by atoms with E-state index in [4.69, 9.17) is 4.74 Å². The topological polar surface area (TPSA) is 95.9 Å². The molecule has 0 aromatic heterocycles. The zero-order valence-electron chi connectivity index (χ0n) is 39.8. The number of nitrogens with one attached hydrogen (secondary N) is 1. The highest BCUT2D eigenvalue weighted by Crippen LogP contribution is 2.17. The summed E-state index contributed by atoms with van der Waals surface area (Å²) in [5.74, 6) is -0.510. The van der Waals surface area contributed by atoms with E-state index in [9.17, 15) is 19.8 Å². The Labute approximate surface area is 372 Å². The normalized spacial score (nSPS) is 13.6. The van der Waals surface area contributed by atoms with Crippen LogP contribution in [0.4, 0.5) is 0 Å². The van der Waals surface area contributed by atoms with Gasteiger partial charge >= 0.3 is 5.97 Å². The average molecular weight is 842 g/mol. The van der Waals surface area contributed by atoms with Crippen LogP contribution in [-0.2, 0) is 14.3 Å². The molecule has 0 aromatic rings. The van der Waals surface area contributed by atoms with E-state index in [0.29, 0.717) is 19.3 Å². The third-order valence-electron chi connectivity index (χ3n) is 11.7. The summed E-state index contributed by atoms with van der Waals surface area (Å²) in [7, 11) is 0. The second-order valence-electron chi connectivity index (χ2n) is 17.6. The standard InChI is InChI=1S/C54H99NO5/c1-4-7-10-13-16-19-22-24-26-28-29-31-33-36-39-42-45-50(60-54(59)47-44-41-38-35-32-30-27-25-23-20-17-14-11-8-5-2)48-53(58)55-51(49-56)52(57)46-43-40-37-34-21-18-15-12-9-6-3/h17,20,23,25-26,28-29,31,50-52,56-57H,4-16,18-19,21-22,24,27,30,32-49H2,1-3H3,(H,55,58)/b20-17+,25-23+,28-26+,31-29+. The fraction of sp³-hybridized carbons (Fsp3) is 0.815. The molecule has 60 heavy (non-hydrogen) atoms. The third kappa shape index (κ3) is 42.5. The number of esters is 1. The van der Waals surface area contributed by atoms with Crippen molar-refractivity contribution in [3.05, 3.63) is 48.6 Å². The van der Waals surface area contributed by atoms with Gasteiger partial charge in [0.05, 0.1) is 25.2 Å². The van der Waals surface area contributed by atoms with Gasteiger partial charge in [0.2, 0.25) is 5.91 Å². The highest BCUT2D eigenvalue weighted by molar-refractivity contribution is 5.77. The van der Waals surface area contributed by atoms with Gasteiger partial charge in [0.1, 0.15) is 6.10 Å². The molecular weight excluding hydrogens is 743 g/mol. The van der Waals surface area contributed by atoms with Gasteiger partial charge in [-0.15, -0.1) is 0 Å². The zero-order chi connectivity index (χ0) is 43.8. The summed E-state index contributed by atoms with van der Waals surface area (Å²) < 4.78 is 5.92. The van der Waals surface area contributed by atoms with Crippen LogP contribution in [0, 0.1) is 0 Å². The first kappa shape index (κ1) is 57.8. The third-order valence-corrected chi connectivity index (χ3v) is 11.7. The molecule has 3 unspecified atom stereocenters. The molecule has 1 amide bonds. The average Bonchev–Trinajstić information content (AvgIpc) is 3.24. The first-order valence-corrected chi connectivity index (χ1v) is 25.9. The number of aliphatic hydroxyl groups is 2. The number of rotatable bonds is 46. The Bertz CT molecular complexity index is 1040. The Kier molecular flexibility index (Phi) is 46.1. The Balaban J connectivity index is 4.66. The van der Waals surface area contributed by atoms with Crippen LogP contribution in [0.15, 0.2) is 48.6 Å². The SMILES string of the molecule is CCCCC/C=C/C=C/CCCCCCCCC(=O)OC(CCCCC/C=C/C=C/CCCCCCCCC)CC(=O)NC(CO)C(O)CCCCCCCCCCCC. The van der Waals surface area contributed by atoms with E-state index < -0.39 is 18.2 Å². The lowest BCUT2D eigenvalue weighted by molar-refractivity contribution is -0.151. The van der Waals surface area contributed by atoms with E-state index in [0.717, 1.165) is 77.0 Å². The van der Waals surface area contributed by atoms with E-state index in [1.165, 1.54) is 135 Å². The van der Waals surface area contributed by atoms with Crippen LogP contribution in [0.5, 0.6) is 0 Å². The van der Waals surface area contributed by atoms with Crippen molar-refractivity contribution in [2.24, 2.45) is 0 Å². The van der Waals surface area contributed by atoms with Gasteiger partial charge in [0.15, 0.2) is 0 Å². The molecule has 0 fully saturated rings. The minimum atomic E-state index is -0.795. The van der Waals surface area contributed by atoms with Crippen LogP contribution in [-0.4, -0.2) is 46.9 Å². The summed E-state index contributed by atoms with van der Waals surface area (Å²) >= 11 is 0. The molecule has 0 aliphatic carbocycles. The number of carbonyl (C=O) groups is 2. The van der Waals surface area contributed by atoms with Crippen LogP contribution in [0.3, 0.4) is 0 Å². The molecule has 0 saturated carbocycles. The summed E-state index contributed by atoms with van der Waals surface area (Å²) in [6.45, 7) is 6.43. The zero-order valence-corrected chi connectivity index (χ0v) is 39.8. The predicted molar refractivity (Wildman–Crippen MR) is 259 cm³/mol. The molecule has 0 rings (SSSR count). The number of ether oxygens (including phenoxy) is 1. The highest BCUT2D eigenvalue weighted by atomic mass is 16.5. The van der Waals surface area contributed by atoms with Gasteiger partial charge in [0.25, 0.3) is 0 Å². The molecule has 0 aliphatic rings. The number of hydrogen-bond donors (Lipinski definition) is 3. The molecule has 0 radical (unpaired) electrons. The van der Waals surface area contributed by atoms with Crippen molar-refractivity contribution in [1.82, 2.24) is 5.32 Å². The molecule has 0 spiro atoms. The van der Waals surface area contributed by atoms with Gasteiger partial charge in [-0.2, -0.15) is 0 Å². The number of carbonyl (C=O) groups excluding carboxylic acids is 2. The summed E-state index contributed by atoms with van der Waals surface area (Å²) in [6, 6.07) is -0.711. The second kappa shape index (κ2) is 47.9. The van der Waals surface area contributed by atoms with E-state index in [1.807, 2.05) is 0 Å². The minimum absolute atomic E-state index is 0.0553. The maximum absolute atomic E-state index is 13.2. The van der Waals surface area contributed by atoms with Gasteiger partial charge in [-0.25, -0.2) is 0 Å². The van der Waals surface area contributed by atoms with E-state index in [1.54, 1.807) is 0 Å².